The van der Waals surface area contributed by atoms with Crippen LogP contribution in [0.25, 0.3) is 0 Å². The van der Waals surface area contributed by atoms with E-state index in [2.05, 4.69) is 37.2 Å². The Morgan fingerprint density at radius 2 is 1.98 bits per heavy atom. The summed E-state index contributed by atoms with van der Waals surface area (Å²) in [5.74, 6) is 0.0676. The van der Waals surface area contributed by atoms with Gasteiger partial charge in [0.2, 0.25) is 0 Å². The van der Waals surface area contributed by atoms with Gasteiger partial charge in [-0.3, -0.25) is 0 Å². The van der Waals surface area contributed by atoms with Gasteiger partial charge >= 0.3 is 19.1 Å². The second-order valence-electron chi connectivity index (χ2n) is 13.3. The van der Waals surface area contributed by atoms with Crippen LogP contribution in [0.2, 0.25) is 0 Å². The summed E-state index contributed by atoms with van der Waals surface area (Å²) in [6.45, 7) is 13.7. The van der Waals surface area contributed by atoms with Crippen LogP contribution in [0.1, 0.15) is 78.7 Å². The molecule has 7 atom stereocenters. The lowest BCUT2D eigenvalue weighted by Gasteiger charge is -2.60. The van der Waals surface area contributed by atoms with Gasteiger partial charge in [-0.05, 0) is 79.4 Å². The van der Waals surface area contributed by atoms with E-state index in [0.29, 0.717) is 36.0 Å². The topological polar surface area (TPSA) is 135 Å². The lowest BCUT2D eigenvalue weighted by Crippen LogP contribution is -2.58. The number of aliphatic hydroxyl groups excluding tert-OH is 1. The Balaban J connectivity index is 1.55. The van der Waals surface area contributed by atoms with Crippen LogP contribution < -0.4 is 10.2 Å². The molecule has 1 aliphatic heterocycles. The van der Waals surface area contributed by atoms with Gasteiger partial charge in [0.15, 0.2) is 6.61 Å². The summed E-state index contributed by atoms with van der Waals surface area (Å²) in [6, 6.07) is 4.87. The highest BCUT2D eigenvalue weighted by Gasteiger charge is 2.58. The quantitative estimate of drug-likeness (QED) is 0.263. The SMILES string of the molecule is C=C[C@]1(C)C[C@@H](OC(=O)COc2ccc3c(c2)B(O)N(C(=O)OC)N=C3)[C@@]2(C)C[C@](CCC(C)=O)(CC[C@H]2C)[C@@H](C)[C@@H]1O. The van der Waals surface area contributed by atoms with E-state index < -0.39 is 42.2 Å². The highest BCUT2D eigenvalue weighted by Crippen LogP contribution is 2.62. The van der Waals surface area contributed by atoms with Crippen molar-refractivity contribution in [2.24, 2.45) is 33.2 Å². The second-order valence-corrected chi connectivity index (χ2v) is 13.3. The van der Waals surface area contributed by atoms with Crippen LogP contribution in [0.15, 0.2) is 36.0 Å². The maximum Gasteiger partial charge on any atom is 0.478 e. The fourth-order valence-electron chi connectivity index (χ4n) is 7.46. The number of rotatable bonds is 8. The number of ether oxygens (including phenoxy) is 3. The van der Waals surface area contributed by atoms with Crippen molar-refractivity contribution in [3.05, 3.63) is 36.4 Å². The van der Waals surface area contributed by atoms with E-state index >= 15 is 0 Å². The highest BCUT2D eigenvalue weighted by atomic mass is 16.6. The molecule has 0 saturated heterocycles. The molecule has 1 aromatic carbocycles. The van der Waals surface area contributed by atoms with Crippen LogP contribution in [0.4, 0.5) is 4.79 Å². The van der Waals surface area contributed by atoms with Crippen molar-refractivity contribution < 1.29 is 38.7 Å². The summed E-state index contributed by atoms with van der Waals surface area (Å²) in [4.78, 5) is 38.2. The molecule has 1 heterocycles. The third-order valence-electron chi connectivity index (χ3n) is 10.7. The molecule has 2 aliphatic carbocycles. The number of hydrazone groups is 1. The van der Waals surface area contributed by atoms with E-state index in [-0.39, 0.29) is 29.6 Å². The van der Waals surface area contributed by atoms with E-state index in [1.54, 1.807) is 31.2 Å². The van der Waals surface area contributed by atoms with Crippen molar-refractivity contribution in [2.45, 2.75) is 85.4 Å². The van der Waals surface area contributed by atoms with Crippen molar-refractivity contribution in [3.8, 4) is 5.75 Å². The summed E-state index contributed by atoms with van der Waals surface area (Å²) < 4.78 is 16.7. The molecule has 0 radical (unpaired) electrons. The predicted molar refractivity (Wildman–Crippen MR) is 163 cm³/mol. The zero-order valence-corrected chi connectivity index (χ0v) is 26.2. The van der Waals surface area contributed by atoms with Crippen LogP contribution in [0.5, 0.6) is 5.75 Å². The lowest BCUT2D eigenvalue weighted by atomic mass is 9.47. The molecule has 4 rings (SSSR count). The van der Waals surface area contributed by atoms with Crippen LogP contribution in [-0.4, -0.2) is 72.1 Å². The van der Waals surface area contributed by atoms with Gasteiger partial charge in [0, 0.05) is 17.3 Å². The smallest absolute Gasteiger partial charge is 0.478 e. The predicted octanol–water partition coefficient (Wildman–Crippen LogP) is 3.86. The molecule has 1 aromatic rings. The fourth-order valence-corrected chi connectivity index (χ4v) is 7.46. The summed E-state index contributed by atoms with van der Waals surface area (Å²) in [7, 11) is -0.180. The molecular formula is C32H45BN2O8. The number of nitrogens with zero attached hydrogens (tertiary/aromatic N) is 2. The lowest BCUT2D eigenvalue weighted by molar-refractivity contribution is -0.190. The maximum absolute atomic E-state index is 13.3. The van der Waals surface area contributed by atoms with Gasteiger partial charge in [-0.15, -0.1) is 6.58 Å². The zero-order valence-electron chi connectivity index (χ0n) is 26.2. The Hall–Kier alpha value is -3.18. The van der Waals surface area contributed by atoms with Gasteiger partial charge in [0.25, 0.3) is 0 Å². The molecule has 0 spiro atoms. The van der Waals surface area contributed by atoms with Gasteiger partial charge < -0.3 is 29.1 Å². The highest BCUT2D eigenvalue weighted by molar-refractivity contribution is 6.67. The molecule has 2 fully saturated rings. The monoisotopic (exact) mass is 596 g/mol. The first-order valence-electron chi connectivity index (χ1n) is 15.1. The van der Waals surface area contributed by atoms with Crippen molar-refractivity contribution >= 4 is 36.6 Å². The number of hydrogen-bond donors (Lipinski definition) is 2. The van der Waals surface area contributed by atoms with Gasteiger partial charge in [0.1, 0.15) is 17.6 Å². The summed E-state index contributed by atoms with van der Waals surface area (Å²) in [5.41, 5.74) is -0.408. The van der Waals surface area contributed by atoms with Crippen LogP contribution in [0.3, 0.4) is 0 Å². The number of benzene rings is 1. The van der Waals surface area contributed by atoms with Crippen LogP contribution in [-0.2, 0) is 19.1 Å². The standard InChI is InChI=1S/C32H45BN2O8/c1-8-30(5)16-26(31(6)19-32(13-11-20(31)2,14-12-21(3)36)22(4)28(30)38)43-27(37)18-42-24-10-9-23-17-34-35(29(39)41-7)33(40)25(23)15-24/h8-10,15,17,20,22,26,28,38,40H,1,11-14,16,18-19H2,2-7H3/t20-,22+,26-,28+,30-,31+,32-/m1/s1. The minimum absolute atomic E-state index is 0.0684. The average molecular weight is 597 g/mol. The molecule has 1 amide bonds. The molecule has 11 heteroatoms. The first-order valence-corrected chi connectivity index (χ1v) is 15.1. The molecule has 43 heavy (non-hydrogen) atoms. The van der Waals surface area contributed by atoms with Gasteiger partial charge in [-0.2, -0.15) is 5.10 Å². The minimum atomic E-state index is -1.38. The first-order chi connectivity index (χ1) is 20.2. The third kappa shape index (κ3) is 6.24. The molecule has 10 nitrogen and oxygen atoms in total. The number of fused-ring (bicyclic) bond motifs is 3. The molecule has 0 unspecified atom stereocenters. The number of Topliss-reactive ketones (excluding diaryl/α,β-unsaturated/α-hetero) is 1. The normalized spacial score (nSPS) is 33.5. The summed E-state index contributed by atoms with van der Waals surface area (Å²) in [5, 5.41) is 26.3. The van der Waals surface area contributed by atoms with Crippen molar-refractivity contribution in [1.82, 2.24) is 4.92 Å². The minimum Gasteiger partial charge on any atom is -0.482 e. The first kappa shape index (κ1) is 32.7. The number of carbonyl (C=O) groups excluding carboxylic acids is 3. The Kier molecular flexibility index (Phi) is 9.47. The van der Waals surface area contributed by atoms with E-state index in [4.69, 9.17) is 9.47 Å². The fraction of sp³-hybridized carbons (Fsp3) is 0.625. The van der Waals surface area contributed by atoms with E-state index in [0.717, 1.165) is 24.2 Å². The molecule has 0 aromatic heterocycles. The second kappa shape index (κ2) is 12.4. The number of amides is 1. The van der Waals surface area contributed by atoms with Gasteiger partial charge in [-0.25, -0.2) is 14.5 Å². The number of hydrogen-bond acceptors (Lipinski definition) is 9. The van der Waals surface area contributed by atoms with Gasteiger partial charge in [0.05, 0.1) is 19.4 Å². The zero-order chi connectivity index (χ0) is 31.7. The Labute approximate surface area is 254 Å². The number of ketones is 1. The number of esters is 1. The van der Waals surface area contributed by atoms with E-state index in [1.165, 1.54) is 13.3 Å². The largest absolute Gasteiger partial charge is 0.482 e. The third-order valence-corrected chi connectivity index (χ3v) is 10.7. The number of carbonyl (C=O) groups is 3. The van der Waals surface area contributed by atoms with Crippen LogP contribution in [0, 0.1) is 28.1 Å². The number of aliphatic hydroxyl groups is 1. The molecule has 2 saturated carbocycles. The van der Waals surface area contributed by atoms with Crippen molar-refractivity contribution in [1.29, 1.82) is 0 Å². The average Bonchev–Trinajstić information content (AvgIpc) is 2.99. The molecular weight excluding hydrogens is 551 g/mol. The summed E-state index contributed by atoms with van der Waals surface area (Å²) >= 11 is 0. The molecule has 3 aliphatic rings. The molecule has 2 bridgehead atoms. The number of methoxy groups -OCH3 is 1. The Bertz CT molecular complexity index is 1290. The van der Waals surface area contributed by atoms with Crippen molar-refractivity contribution in [2.75, 3.05) is 13.7 Å². The van der Waals surface area contributed by atoms with E-state index in [1.807, 2.05) is 6.92 Å². The van der Waals surface area contributed by atoms with E-state index in [9.17, 15) is 24.5 Å². The Morgan fingerprint density at radius 1 is 1.26 bits per heavy atom. The van der Waals surface area contributed by atoms with Crippen LogP contribution >= 0.6 is 0 Å². The molecule has 2 N–H and O–H groups in total. The van der Waals surface area contributed by atoms with Gasteiger partial charge in [-0.1, -0.05) is 39.8 Å². The Morgan fingerprint density at radius 3 is 2.63 bits per heavy atom. The van der Waals surface area contributed by atoms with Crippen molar-refractivity contribution in [3.63, 3.8) is 0 Å². The maximum atomic E-state index is 13.3. The summed E-state index contributed by atoms with van der Waals surface area (Å²) in [6.07, 6.45) is 5.23. The molecule has 234 valence electrons.